The third-order valence-corrected chi connectivity index (χ3v) is 4.70. The van der Waals surface area contributed by atoms with Gasteiger partial charge < -0.3 is 10.5 Å². The van der Waals surface area contributed by atoms with Gasteiger partial charge in [0.25, 0.3) is 0 Å². The molecule has 0 saturated heterocycles. The molecule has 100 valence electrons. The van der Waals surface area contributed by atoms with Crippen LogP contribution in [-0.2, 0) is 5.54 Å². The molecule has 0 aliphatic heterocycles. The third kappa shape index (κ3) is 2.38. The molecule has 1 fully saturated rings. The number of thiazole rings is 1. The van der Waals surface area contributed by atoms with E-state index >= 15 is 0 Å². The van der Waals surface area contributed by atoms with E-state index in [0.29, 0.717) is 6.61 Å². The summed E-state index contributed by atoms with van der Waals surface area (Å²) in [5, 5.41) is 3.17. The van der Waals surface area contributed by atoms with Crippen molar-refractivity contribution in [1.82, 2.24) is 4.98 Å². The molecule has 1 aromatic carbocycles. The molecule has 0 amide bonds. The predicted molar refractivity (Wildman–Crippen MR) is 78.4 cm³/mol. The summed E-state index contributed by atoms with van der Waals surface area (Å²) < 4.78 is 5.44. The fourth-order valence-electron chi connectivity index (χ4n) is 2.30. The number of hydrogen-bond acceptors (Lipinski definition) is 4. The van der Waals surface area contributed by atoms with Gasteiger partial charge in [-0.15, -0.1) is 11.3 Å². The summed E-state index contributed by atoms with van der Waals surface area (Å²) in [6.45, 7) is 2.68. The Morgan fingerprint density at radius 3 is 2.63 bits per heavy atom. The molecule has 0 unspecified atom stereocenters. The molecule has 1 aliphatic rings. The fraction of sp³-hybridized carbons (Fsp3) is 0.400. The Morgan fingerprint density at radius 2 is 2.05 bits per heavy atom. The molecule has 3 rings (SSSR count). The van der Waals surface area contributed by atoms with Crippen LogP contribution in [0, 0.1) is 0 Å². The molecule has 1 saturated carbocycles. The number of ether oxygens (including phenoxy) is 1. The predicted octanol–water partition coefficient (Wildman–Crippen LogP) is 3.55. The van der Waals surface area contributed by atoms with Crippen LogP contribution in [-0.4, -0.2) is 11.6 Å². The monoisotopic (exact) mass is 274 g/mol. The summed E-state index contributed by atoms with van der Waals surface area (Å²) >= 11 is 1.67. The van der Waals surface area contributed by atoms with Crippen LogP contribution in [0.2, 0.25) is 0 Å². The van der Waals surface area contributed by atoms with Crippen LogP contribution < -0.4 is 10.5 Å². The maximum Gasteiger partial charge on any atom is 0.119 e. The number of nitrogens with zero attached hydrogens (tertiary/aromatic N) is 1. The van der Waals surface area contributed by atoms with Crippen molar-refractivity contribution in [2.45, 2.75) is 31.7 Å². The topological polar surface area (TPSA) is 48.1 Å². The van der Waals surface area contributed by atoms with Gasteiger partial charge in [0.15, 0.2) is 0 Å². The minimum absolute atomic E-state index is 0.159. The van der Waals surface area contributed by atoms with Crippen LogP contribution in [0.15, 0.2) is 29.6 Å². The number of hydrogen-bond donors (Lipinski definition) is 1. The number of rotatable bonds is 4. The lowest BCUT2D eigenvalue weighted by molar-refractivity contribution is 0.253. The molecule has 1 aromatic heterocycles. The van der Waals surface area contributed by atoms with E-state index in [4.69, 9.17) is 15.5 Å². The van der Waals surface area contributed by atoms with Crippen LogP contribution in [0.4, 0.5) is 0 Å². The van der Waals surface area contributed by atoms with Crippen LogP contribution in [0.25, 0.3) is 11.3 Å². The normalized spacial score (nSPS) is 16.9. The fourth-order valence-corrected chi connectivity index (χ4v) is 3.30. The van der Waals surface area contributed by atoms with Gasteiger partial charge in [-0.3, -0.25) is 0 Å². The zero-order valence-corrected chi connectivity index (χ0v) is 11.9. The van der Waals surface area contributed by atoms with Gasteiger partial charge in [-0.25, -0.2) is 4.98 Å². The molecule has 0 radical (unpaired) electrons. The third-order valence-electron chi connectivity index (χ3n) is 3.64. The average molecular weight is 274 g/mol. The van der Waals surface area contributed by atoms with E-state index in [1.54, 1.807) is 11.3 Å². The summed E-state index contributed by atoms with van der Waals surface area (Å²) in [6.07, 6.45) is 3.33. The molecule has 1 heterocycles. The summed E-state index contributed by atoms with van der Waals surface area (Å²) in [5.41, 5.74) is 8.28. The molecular weight excluding hydrogens is 256 g/mol. The van der Waals surface area contributed by atoms with Crippen LogP contribution in [0.1, 0.15) is 31.2 Å². The second kappa shape index (κ2) is 4.94. The van der Waals surface area contributed by atoms with Crippen molar-refractivity contribution < 1.29 is 4.74 Å². The quantitative estimate of drug-likeness (QED) is 0.927. The van der Waals surface area contributed by atoms with Crippen molar-refractivity contribution in [3.05, 3.63) is 34.7 Å². The minimum Gasteiger partial charge on any atom is -0.494 e. The first-order valence-corrected chi connectivity index (χ1v) is 7.57. The Hall–Kier alpha value is -1.39. The van der Waals surface area contributed by atoms with E-state index in [2.05, 4.69) is 5.38 Å². The highest BCUT2D eigenvalue weighted by Gasteiger charge is 2.37. The molecule has 1 aliphatic carbocycles. The van der Waals surface area contributed by atoms with Crippen molar-refractivity contribution in [1.29, 1.82) is 0 Å². The van der Waals surface area contributed by atoms with Crippen LogP contribution in [0.5, 0.6) is 5.75 Å². The molecule has 4 heteroatoms. The Kier molecular flexibility index (Phi) is 3.29. The first kappa shape index (κ1) is 12.6. The summed E-state index contributed by atoms with van der Waals surface area (Å²) in [4.78, 5) is 4.70. The standard InChI is InChI=1S/C15H18N2OS/c1-2-18-12-6-4-11(5-7-12)13-10-19-14(17-13)15(16)8-3-9-15/h4-7,10H,2-3,8-9,16H2,1H3. The lowest BCUT2D eigenvalue weighted by Crippen LogP contribution is -2.43. The summed E-state index contributed by atoms with van der Waals surface area (Å²) in [5.74, 6) is 0.899. The second-order valence-corrected chi connectivity index (χ2v) is 5.86. The number of aromatic nitrogens is 1. The SMILES string of the molecule is CCOc1ccc(-c2csc(C3(N)CCC3)n2)cc1. The van der Waals surface area contributed by atoms with E-state index in [9.17, 15) is 0 Å². The second-order valence-electron chi connectivity index (χ2n) is 5.00. The first-order chi connectivity index (χ1) is 9.21. The van der Waals surface area contributed by atoms with Gasteiger partial charge in [0.2, 0.25) is 0 Å². The van der Waals surface area contributed by atoms with Gasteiger partial charge in [-0.2, -0.15) is 0 Å². The Labute approximate surface area is 117 Å². The Balaban J connectivity index is 1.82. The van der Waals surface area contributed by atoms with Gasteiger partial charge in [-0.05, 0) is 50.5 Å². The number of benzene rings is 1. The largest absolute Gasteiger partial charge is 0.494 e. The van der Waals surface area contributed by atoms with E-state index in [0.717, 1.165) is 34.9 Å². The van der Waals surface area contributed by atoms with Gasteiger partial charge in [0, 0.05) is 10.9 Å². The van der Waals surface area contributed by atoms with E-state index < -0.39 is 0 Å². The van der Waals surface area contributed by atoms with E-state index in [-0.39, 0.29) is 5.54 Å². The van der Waals surface area contributed by atoms with Crippen molar-refractivity contribution in [3.8, 4) is 17.0 Å². The van der Waals surface area contributed by atoms with Gasteiger partial charge >= 0.3 is 0 Å². The highest BCUT2D eigenvalue weighted by atomic mass is 32.1. The first-order valence-electron chi connectivity index (χ1n) is 6.69. The summed E-state index contributed by atoms with van der Waals surface area (Å²) in [6, 6.07) is 8.07. The van der Waals surface area contributed by atoms with Crippen LogP contribution >= 0.6 is 11.3 Å². The molecule has 3 nitrogen and oxygen atoms in total. The molecular formula is C15H18N2OS. The maximum atomic E-state index is 6.31. The highest BCUT2D eigenvalue weighted by molar-refractivity contribution is 7.10. The van der Waals surface area contributed by atoms with Crippen molar-refractivity contribution in [2.24, 2.45) is 5.73 Å². The van der Waals surface area contributed by atoms with E-state index in [1.807, 2.05) is 31.2 Å². The number of nitrogens with two attached hydrogens (primary N) is 1. The van der Waals surface area contributed by atoms with Crippen LogP contribution in [0.3, 0.4) is 0 Å². The van der Waals surface area contributed by atoms with Gasteiger partial charge in [0.05, 0.1) is 17.8 Å². The lowest BCUT2D eigenvalue weighted by Gasteiger charge is -2.35. The van der Waals surface area contributed by atoms with Crippen molar-refractivity contribution in [3.63, 3.8) is 0 Å². The lowest BCUT2D eigenvalue weighted by atomic mass is 9.78. The maximum absolute atomic E-state index is 6.31. The Bertz CT molecular complexity index is 558. The molecule has 0 bridgehead atoms. The smallest absolute Gasteiger partial charge is 0.119 e. The van der Waals surface area contributed by atoms with E-state index in [1.165, 1.54) is 6.42 Å². The Morgan fingerprint density at radius 1 is 1.32 bits per heavy atom. The van der Waals surface area contributed by atoms with Gasteiger partial charge in [-0.1, -0.05) is 0 Å². The molecule has 0 atom stereocenters. The molecule has 2 N–H and O–H groups in total. The highest BCUT2D eigenvalue weighted by Crippen LogP contribution is 2.41. The van der Waals surface area contributed by atoms with Crippen molar-refractivity contribution in [2.75, 3.05) is 6.61 Å². The molecule has 19 heavy (non-hydrogen) atoms. The summed E-state index contributed by atoms with van der Waals surface area (Å²) in [7, 11) is 0. The average Bonchev–Trinajstić information content (AvgIpc) is 2.87. The zero-order valence-electron chi connectivity index (χ0n) is 11.1. The molecule has 0 spiro atoms. The van der Waals surface area contributed by atoms with Gasteiger partial charge in [0.1, 0.15) is 10.8 Å². The minimum atomic E-state index is -0.159. The molecule has 2 aromatic rings. The zero-order chi connectivity index (χ0) is 13.3. The van der Waals surface area contributed by atoms with Crippen molar-refractivity contribution >= 4 is 11.3 Å².